The summed E-state index contributed by atoms with van der Waals surface area (Å²) in [6.07, 6.45) is 2.49. The minimum absolute atomic E-state index is 0.350. The summed E-state index contributed by atoms with van der Waals surface area (Å²) < 4.78 is 5.47. The van der Waals surface area contributed by atoms with E-state index in [2.05, 4.69) is 0 Å². The third-order valence-corrected chi connectivity index (χ3v) is 2.65. The lowest BCUT2D eigenvalue weighted by Gasteiger charge is -2.08. The molecule has 0 heterocycles. The second-order valence-corrected chi connectivity index (χ2v) is 3.74. The van der Waals surface area contributed by atoms with Crippen molar-refractivity contribution in [2.45, 2.75) is 0 Å². The molecule has 2 rings (SSSR count). The van der Waals surface area contributed by atoms with Gasteiger partial charge in [-0.05, 0) is 22.9 Å². The molecule has 0 aliphatic heterocycles. The number of halogens is 1. The molecule has 0 N–H and O–H groups in total. The average molecular weight is 247 g/mol. The molecule has 2 aromatic rings. The fraction of sp³-hybridized carbons (Fsp3) is 0.0714. The summed E-state index contributed by atoms with van der Waals surface area (Å²) in [5, 5.41) is 1.92. The molecule has 2 nitrogen and oxygen atoms in total. The first-order valence-corrected chi connectivity index (χ1v) is 5.65. The lowest BCUT2D eigenvalue weighted by Crippen LogP contribution is -1.97. The number of fused-ring (bicyclic) bond motifs is 1. The van der Waals surface area contributed by atoms with E-state index in [1.165, 1.54) is 5.54 Å². The maximum absolute atomic E-state index is 11.1. The molecule has 86 valence electrons. The van der Waals surface area contributed by atoms with Crippen molar-refractivity contribution in [2.75, 3.05) is 6.61 Å². The van der Waals surface area contributed by atoms with Crippen LogP contribution in [0.25, 0.3) is 10.8 Å². The van der Waals surface area contributed by atoms with Gasteiger partial charge in [0.05, 0.1) is 5.56 Å². The zero-order valence-corrected chi connectivity index (χ0v) is 9.85. The monoisotopic (exact) mass is 246 g/mol. The Kier molecular flexibility index (Phi) is 3.78. The first kappa shape index (κ1) is 11.7. The fourth-order valence-corrected chi connectivity index (χ4v) is 1.77. The predicted molar refractivity (Wildman–Crippen MR) is 69.8 cm³/mol. The Morgan fingerprint density at radius 2 is 2.00 bits per heavy atom. The predicted octanol–water partition coefficient (Wildman–Crippen LogP) is 3.78. The van der Waals surface area contributed by atoms with Crippen LogP contribution in [0.4, 0.5) is 0 Å². The van der Waals surface area contributed by atoms with Crippen molar-refractivity contribution in [3.05, 3.63) is 53.6 Å². The quantitative estimate of drug-likeness (QED) is 0.768. The molecule has 0 fully saturated rings. The zero-order valence-electron chi connectivity index (χ0n) is 9.10. The third-order valence-electron chi connectivity index (χ3n) is 2.47. The lowest BCUT2D eigenvalue weighted by atomic mass is 10.0. The highest BCUT2D eigenvalue weighted by Gasteiger charge is 2.06. The Morgan fingerprint density at radius 1 is 1.18 bits per heavy atom. The molecule has 0 bridgehead atoms. The summed E-state index contributed by atoms with van der Waals surface area (Å²) in [5.41, 5.74) is 1.97. The van der Waals surface area contributed by atoms with Crippen LogP contribution in [-0.4, -0.2) is 12.9 Å². The number of rotatable bonds is 4. The number of carbonyl (C=O) groups is 1. The van der Waals surface area contributed by atoms with Gasteiger partial charge in [-0.2, -0.15) is 0 Å². The molecule has 17 heavy (non-hydrogen) atoms. The van der Waals surface area contributed by atoms with E-state index < -0.39 is 0 Å². The number of hydrogen-bond donors (Lipinski definition) is 0. The van der Waals surface area contributed by atoms with Crippen LogP contribution in [-0.2, 0) is 0 Å². The van der Waals surface area contributed by atoms with Gasteiger partial charge >= 0.3 is 0 Å². The van der Waals surface area contributed by atoms with Crippen LogP contribution in [0.1, 0.15) is 10.4 Å². The maximum atomic E-state index is 11.1. The Morgan fingerprint density at radius 3 is 2.76 bits per heavy atom. The first-order chi connectivity index (χ1) is 8.36. The van der Waals surface area contributed by atoms with E-state index in [0.29, 0.717) is 17.9 Å². The molecule has 2 aromatic carbocycles. The molecule has 0 saturated carbocycles. The number of hydrogen-bond acceptors (Lipinski definition) is 2. The molecule has 0 aromatic heterocycles. The van der Waals surface area contributed by atoms with Crippen LogP contribution in [0.3, 0.4) is 0 Å². The summed E-state index contributed by atoms with van der Waals surface area (Å²) >= 11 is 5.41. The van der Waals surface area contributed by atoms with Gasteiger partial charge < -0.3 is 4.74 Å². The number of aldehydes is 1. The highest BCUT2D eigenvalue weighted by Crippen LogP contribution is 2.26. The van der Waals surface area contributed by atoms with Crippen molar-refractivity contribution in [3.63, 3.8) is 0 Å². The summed E-state index contributed by atoms with van der Waals surface area (Å²) in [6, 6.07) is 11.4. The highest BCUT2D eigenvalue weighted by atomic mass is 35.5. The number of carbonyl (C=O) groups excluding carboxylic acids is 1. The van der Waals surface area contributed by atoms with Crippen LogP contribution in [0.2, 0.25) is 0 Å². The average Bonchev–Trinajstić information content (AvgIpc) is 2.38. The van der Waals surface area contributed by atoms with Crippen molar-refractivity contribution < 1.29 is 9.53 Å². The molecule has 0 radical (unpaired) electrons. The van der Waals surface area contributed by atoms with E-state index in [0.717, 1.165) is 17.1 Å². The Bertz CT molecular complexity index is 561. The SMILES string of the molecule is O=Cc1c(OC/C=C/Cl)ccc2ccccc12. The fourth-order valence-electron chi connectivity index (χ4n) is 1.70. The van der Waals surface area contributed by atoms with Gasteiger partial charge in [0, 0.05) is 5.54 Å². The second kappa shape index (κ2) is 5.51. The van der Waals surface area contributed by atoms with Gasteiger partial charge in [0.2, 0.25) is 0 Å². The maximum Gasteiger partial charge on any atom is 0.154 e. The minimum Gasteiger partial charge on any atom is -0.489 e. The van der Waals surface area contributed by atoms with E-state index in [-0.39, 0.29) is 0 Å². The Labute approximate surface area is 104 Å². The van der Waals surface area contributed by atoms with Crippen LogP contribution >= 0.6 is 11.6 Å². The van der Waals surface area contributed by atoms with E-state index >= 15 is 0 Å². The summed E-state index contributed by atoms with van der Waals surface area (Å²) in [7, 11) is 0. The van der Waals surface area contributed by atoms with Crippen molar-refractivity contribution in [2.24, 2.45) is 0 Å². The van der Waals surface area contributed by atoms with Crippen molar-refractivity contribution in [3.8, 4) is 5.75 Å². The van der Waals surface area contributed by atoms with Gasteiger partial charge in [-0.1, -0.05) is 41.9 Å². The first-order valence-electron chi connectivity index (χ1n) is 5.22. The smallest absolute Gasteiger partial charge is 0.154 e. The molecule has 0 saturated heterocycles. The number of ether oxygens (including phenoxy) is 1. The molecular formula is C14H11ClO2. The lowest BCUT2D eigenvalue weighted by molar-refractivity contribution is 0.112. The molecule has 0 atom stereocenters. The van der Waals surface area contributed by atoms with Gasteiger partial charge in [0.25, 0.3) is 0 Å². The van der Waals surface area contributed by atoms with E-state index in [4.69, 9.17) is 16.3 Å². The standard InChI is InChI=1S/C14H11ClO2/c15-8-3-9-17-14-7-6-11-4-1-2-5-12(11)13(14)10-16/h1-8,10H,9H2/b8-3+. The van der Waals surface area contributed by atoms with Gasteiger partial charge in [-0.3, -0.25) is 4.79 Å². The normalized spacial score (nSPS) is 10.9. The van der Waals surface area contributed by atoms with E-state index in [9.17, 15) is 4.79 Å². The molecule has 0 aliphatic rings. The topological polar surface area (TPSA) is 26.3 Å². The molecule has 0 aliphatic carbocycles. The Balaban J connectivity index is 2.45. The highest BCUT2D eigenvalue weighted by molar-refractivity contribution is 6.25. The van der Waals surface area contributed by atoms with E-state index in [1.54, 1.807) is 12.1 Å². The van der Waals surface area contributed by atoms with Crippen LogP contribution in [0, 0.1) is 0 Å². The molecule has 0 amide bonds. The summed E-state index contributed by atoms with van der Waals surface area (Å²) in [5.74, 6) is 0.577. The molecule has 0 unspecified atom stereocenters. The number of benzene rings is 2. The third kappa shape index (κ3) is 2.48. The van der Waals surface area contributed by atoms with Gasteiger partial charge in [-0.25, -0.2) is 0 Å². The zero-order chi connectivity index (χ0) is 12.1. The minimum atomic E-state index is 0.350. The van der Waals surface area contributed by atoms with Crippen LogP contribution < -0.4 is 4.74 Å². The van der Waals surface area contributed by atoms with Crippen molar-refractivity contribution in [1.82, 2.24) is 0 Å². The van der Waals surface area contributed by atoms with Crippen molar-refractivity contribution >= 4 is 28.7 Å². The van der Waals surface area contributed by atoms with E-state index in [1.807, 2.05) is 30.3 Å². The van der Waals surface area contributed by atoms with Gasteiger partial charge in [0.1, 0.15) is 12.4 Å². The molecular weight excluding hydrogens is 236 g/mol. The molecule has 0 spiro atoms. The Hall–Kier alpha value is -1.80. The van der Waals surface area contributed by atoms with Crippen LogP contribution in [0.15, 0.2) is 48.0 Å². The van der Waals surface area contributed by atoms with Crippen LogP contribution in [0.5, 0.6) is 5.75 Å². The summed E-state index contributed by atoms with van der Waals surface area (Å²) in [4.78, 5) is 11.1. The second-order valence-electron chi connectivity index (χ2n) is 3.49. The van der Waals surface area contributed by atoms with Gasteiger partial charge in [0.15, 0.2) is 6.29 Å². The largest absolute Gasteiger partial charge is 0.489 e. The summed E-state index contributed by atoms with van der Waals surface area (Å²) in [6.45, 7) is 0.350. The molecule has 3 heteroatoms. The van der Waals surface area contributed by atoms with Crippen molar-refractivity contribution in [1.29, 1.82) is 0 Å². The van der Waals surface area contributed by atoms with Gasteiger partial charge in [-0.15, -0.1) is 0 Å².